The highest BCUT2D eigenvalue weighted by atomic mass is 32.1. The molecule has 0 saturated heterocycles. The lowest BCUT2D eigenvalue weighted by atomic mass is 10.1. The van der Waals surface area contributed by atoms with Gasteiger partial charge in [0.25, 0.3) is 0 Å². The Labute approximate surface area is 96.9 Å². The van der Waals surface area contributed by atoms with Crippen LogP contribution in [0.1, 0.15) is 50.4 Å². The molecular weight excluding hydrogens is 202 g/mol. The smallest absolute Gasteiger partial charge is 0.0445 e. The molecule has 1 saturated carbocycles. The van der Waals surface area contributed by atoms with E-state index >= 15 is 0 Å². The van der Waals surface area contributed by atoms with Crippen LogP contribution >= 0.6 is 11.3 Å². The van der Waals surface area contributed by atoms with Gasteiger partial charge in [0.15, 0.2) is 0 Å². The maximum Gasteiger partial charge on any atom is 0.0445 e. The molecule has 0 spiro atoms. The first kappa shape index (κ1) is 11.2. The highest BCUT2D eigenvalue weighted by molar-refractivity contribution is 7.10. The second kappa shape index (κ2) is 5.13. The van der Waals surface area contributed by atoms with Gasteiger partial charge in [-0.2, -0.15) is 0 Å². The normalized spacial score (nSPS) is 18.3. The maximum atomic E-state index is 3.83. The molecule has 84 valence electrons. The predicted molar refractivity (Wildman–Crippen MR) is 67.3 cm³/mol. The molecule has 1 fully saturated rings. The Balaban J connectivity index is 2.00. The van der Waals surface area contributed by atoms with Gasteiger partial charge in [0, 0.05) is 17.0 Å². The van der Waals surface area contributed by atoms with Crippen LogP contribution in [0, 0.1) is 5.92 Å². The summed E-state index contributed by atoms with van der Waals surface area (Å²) < 4.78 is 0. The molecule has 1 aromatic rings. The Morgan fingerprint density at radius 3 is 2.60 bits per heavy atom. The van der Waals surface area contributed by atoms with Gasteiger partial charge in [-0.05, 0) is 43.0 Å². The van der Waals surface area contributed by atoms with Crippen molar-refractivity contribution in [1.82, 2.24) is 5.32 Å². The molecule has 0 aliphatic heterocycles. The SMILES string of the molecule is CCC(CC)NC(c1cccs1)C1CC1. The van der Waals surface area contributed by atoms with Crippen LogP contribution in [0.5, 0.6) is 0 Å². The number of hydrogen-bond donors (Lipinski definition) is 1. The summed E-state index contributed by atoms with van der Waals surface area (Å²) in [5.74, 6) is 0.907. The summed E-state index contributed by atoms with van der Waals surface area (Å²) >= 11 is 1.90. The van der Waals surface area contributed by atoms with Gasteiger partial charge in [-0.25, -0.2) is 0 Å². The lowest BCUT2D eigenvalue weighted by Gasteiger charge is -2.23. The van der Waals surface area contributed by atoms with Gasteiger partial charge in [-0.1, -0.05) is 19.9 Å². The topological polar surface area (TPSA) is 12.0 Å². The molecule has 2 heteroatoms. The zero-order valence-electron chi connectivity index (χ0n) is 9.70. The fraction of sp³-hybridized carbons (Fsp3) is 0.692. The summed E-state index contributed by atoms with van der Waals surface area (Å²) in [5.41, 5.74) is 0. The minimum atomic E-state index is 0.634. The van der Waals surface area contributed by atoms with Crippen molar-refractivity contribution >= 4 is 11.3 Å². The van der Waals surface area contributed by atoms with E-state index in [-0.39, 0.29) is 0 Å². The summed E-state index contributed by atoms with van der Waals surface area (Å²) in [4.78, 5) is 1.53. The summed E-state index contributed by atoms with van der Waals surface area (Å²) in [6, 6.07) is 5.78. The van der Waals surface area contributed by atoms with Crippen molar-refractivity contribution in [3.05, 3.63) is 22.4 Å². The Bertz CT molecular complexity index is 273. The molecule has 0 bridgehead atoms. The van der Waals surface area contributed by atoms with Crippen molar-refractivity contribution in [2.75, 3.05) is 0 Å². The van der Waals surface area contributed by atoms with Crippen molar-refractivity contribution in [3.63, 3.8) is 0 Å². The largest absolute Gasteiger partial charge is 0.306 e. The summed E-state index contributed by atoms with van der Waals surface area (Å²) in [6.07, 6.45) is 5.31. The molecule has 0 aromatic carbocycles. The van der Waals surface area contributed by atoms with Gasteiger partial charge in [0.2, 0.25) is 0 Å². The van der Waals surface area contributed by atoms with E-state index < -0.39 is 0 Å². The van der Waals surface area contributed by atoms with Gasteiger partial charge in [-0.3, -0.25) is 0 Å². The third-order valence-electron chi connectivity index (χ3n) is 3.34. The molecule has 1 unspecified atom stereocenters. The Kier molecular flexibility index (Phi) is 3.81. The number of thiophene rings is 1. The first-order chi connectivity index (χ1) is 7.35. The molecular formula is C13H21NS. The van der Waals surface area contributed by atoms with Crippen LogP contribution in [0.4, 0.5) is 0 Å². The lowest BCUT2D eigenvalue weighted by molar-refractivity contribution is 0.390. The molecule has 15 heavy (non-hydrogen) atoms. The predicted octanol–water partition coefficient (Wildman–Crippen LogP) is 3.98. The zero-order chi connectivity index (χ0) is 10.7. The Hall–Kier alpha value is -0.340. The van der Waals surface area contributed by atoms with E-state index in [1.54, 1.807) is 0 Å². The van der Waals surface area contributed by atoms with Crippen LogP contribution in [0.25, 0.3) is 0 Å². The Morgan fingerprint density at radius 1 is 1.40 bits per heavy atom. The second-order valence-electron chi connectivity index (χ2n) is 4.51. The van der Waals surface area contributed by atoms with Gasteiger partial charge in [0.05, 0.1) is 0 Å². The highest BCUT2D eigenvalue weighted by Crippen LogP contribution is 2.42. The van der Waals surface area contributed by atoms with Crippen LogP contribution in [-0.2, 0) is 0 Å². The van der Waals surface area contributed by atoms with E-state index in [1.807, 2.05) is 11.3 Å². The minimum absolute atomic E-state index is 0.634. The van der Waals surface area contributed by atoms with Gasteiger partial charge >= 0.3 is 0 Å². The average Bonchev–Trinajstić information content (AvgIpc) is 2.95. The lowest BCUT2D eigenvalue weighted by Crippen LogP contribution is -2.32. The first-order valence-corrected chi connectivity index (χ1v) is 7.02. The zero-order valence-corrected chi connectivity index (χ0v) is 10.5. The van der Waals surface area contributed by atoms with E-state index in [0.29, 0.717) is 12.1 Å². The third kappa shape index (κ3) is 2.82. The standard InChI is InChI=1S/C13H21NS/c1-3-11(4-2)14-13(10-7-8-10)12-6-5-9-15-12/h5-6,9-11,13-14H,3-4,7-8H2,1-2H3. The molecule has 1 heterocycles. The quantitative estimate of drug-likeness (QED) is 0.769. The van der Waals surface area contributed by atoms with E-state index in [9.17, 15) is 0 Å². The van der Waals surface area contributed by atoms with Crippen molar-refractivity contribution in [2.45, 2.75) is 51.6 Å². The third-order valence-corrected chi connectivity index (χ3v) is 4.30. The summed E-state index contributed by atoms with van der Waals surface area (Å²) in [6.45, 7) is 4.55. The molecule has 1 N–H and O–H groups in total. The number of hydrogen-bond acceptors (Lipinski definition) is 2. The van der Waals surface area contributed by atoms with E-state index in [2.05, 4.69) is 36.7 Å². The molecule has 1 aliphatic rings. The first-order valence-electron chi connectivity index (χ1n) is 6.14. The second-order valence-corrected chi connectivity index (χ2v) is 5.49. The number of nitrogens with one attached hydrogen (secondary N) is 1. The molecule has 1 nitrogen and oxygen atoms in total. The summed E-state index contributed by atoms with van der Waals surface area (Å²) in [7, 11) is 0. The van der Waals surface area contributed by atoms with E-state index in [1.165, 1.54) is 30.6 Å². The van der Waals surface area contributed by atoms with Crippen LogP contribution < -0.4 is 5.32 Å². The van der Waals surface area contributed by atoms with E-state index in [4.69, 9.17) is 0 Å². The highest BCUT2D eigenvalue weighted by Gasteiger charge is 2.33. The van der Waals surface area contributed by atoms with Crippen molar-refractivity contribution < 1.29 is 0 Å². The van der Waals surface area contributed by atoms with E-state index in [0.717, 1.165) is 5.92 Å². The molecule has 0 radical (unpaired) electrons. The molecule has 1 atom stereocenters. The van der Waals surface area contributed by atoms with Crippen molar-refractivity contribution in [3.8, 4) is 0 Å². The van der Waals surface area contributed by atoms with Crippen molar-refractivity contribution in [1.29, 1.82) is 0 Å². The van der Waals surface area contributed by atoms with Gasteiger partial charge < -0.3 is 5.32 Å². The van der Waals surface area contributed by atoms with Gasteiger partial charge in [0.1, 0.15) is 0 Å². The average molecular weight is 223 g/mol. The van der Waals surface area contributed by atoms with Gasteiger partial charge in [-0.15, -0.1) is 11.3 Å². The number of rotatable bonds is 6. The molecule has 2 rings (SSSR count). The van der Waals surface area contributed by atoms with Crippen LogP contribution in [0.15, 0.2) is 17.5 Å². The molecule has 1 aromatic heterocycles. The fourth-order valence-electron chi connectivity index (χ4n) is 2.13. The minimum Gasteiger partial charge on any atom is -0.306 e. The molecule has 1 aliphatic carbocycles. The Morgan fingerprint density at radius 2 is 2.13 bits per heavy atom. The fourth-order valence-corrected chi connectivity index (χ4v) is 3.01. The maximum absolute atomic E-state index is 3.83. The molecule has 0 amide bonds. The monoisotopic (exact) mass is 223 g/mol. The summed E-state index contributed by atoms with van der Waals surface area (Å²) in [5, 5.41) is 6.02. The van der Waals surface area contributed by atoms with Crippen LogP contribution in [0.3, 0.4) is 0 Å². The van der Waals surface area contributed by atoms with Crippen LogP contribution in [0.2, 0.25) is 0 Å². The van der Waals surface area contributed by atoms with Crippen LogP contribution in [-0.4, -0.2) is 6.04 Å². The van der Waals surface area contributed by atoms with Crippen molar-refractivity contribution in [2.24, 2.45) is 5.92 Å².